The van der Waals surface area contributed by atoms with Gasteiger partial charge in [-0.2, -0.15) is 5.10 Å². The number of fused-ring (bicyclic) bond motifs is 1. The Morgan fingerprint density at radius 2 is 1.80 bits per heavy atom. The Bertz CT molecular complexity index is 1640. The monoisotopic (exact) mass is 551 g/mol. The number of ether oxygens (including phenoxy) is 1. The van der Waals surface area contributed by atoms with Gasteiger partial charge in [-0.15, -0.1) is 0 Å². The number of aromatic amines is 1. The molecule has 0 fully saturated rings. The zero-order chi connectivity index (χ0) is 28.6. The fourth-order valence-electron chi connectivity index (χ4n) is 4.11. The molecule has 0 unspecified atom stereocenters. The van der Waals surface area contributed by atoms with E-state index >= 15 is 0 Å². The fourth-order valence-corrected chi connectivity index (χ4v) is 4.37. The summed E-state index contributed by atoms with van der Waals surface area (Å²) in [7, 11) is 0. The molecule has 0 aliphatic carbocycles. The molecule has 0 atom stereocenters. The highest BCUT2D eigenvalue weighted by atomic mass is 32.1. The number of nitrogens with zero attached hydrogens (tertiary/aromatic N) is 4. The first-order valence-corrected chi connectivity index (χ1v) is 13.4. The van der Waals surface area contributed by atoms with Gasteiger partial charge >= 0.3 is 5.97 Å². The van der Waals surface area contributed by atoms with Crippen LogP contribution < -0.4 is 0 Å². The van der Waals surface area contributed by atoms with Gasteiger partial charge in [-0.05, 0) is 37.5 Å². The first-order valence-electron chi connectivity index (χ1n) is 13.0. The lowest BCUT2D eigenvalue weighted by Crippen LogP contribution is -2.21. The second kappa shape index (κ2) is 13.0. The van der Waals surface area contributed by atoms with Crippen LogP contribution in [0.1, 0.15) is 52.3 Å². The lowest BCUT2D eigenvalue weighted by atomic mass is 10.1. The summed E-state index contributed by atoms with van der Waals surface area (Å²) in [6.45, 7) is 15.5. The van der Waals surface area contributed by atoms with Gasteiger partial charge in [-0.25, -0.2) is 14.3 Å². The van der Waals surface area contributed by atoms with E-state index in [-0.39, 0.29) is 12.3 Å². The molecular formula is C32H33N5O2S. The number of benzene rings is 2. The minimum atomic E-state index is -0.487. The number of aliphatic imine (C=N–C) groups is 1. The van der Waals surface area contributed by atoms with Gasteiger partial charge in [0.05, 0.1) is 18.5 Å². The van der Waals surface area contributed by atoms with Crippen molar-refractivity contribution >= 4 is 41.6 Å². The van der Waals surface area contributed by atoms with Crippen LogP contribution in [-0.2, 0) is 17.8 Å². The molecule has 2 heterocycles. The largest absolute Gasteiger partial charge is 0.461 e. The van der Waals surface area contributed by atoms with Crippen LogP contribution in [0.2, 0.25) is 0 Å². The third kappa shape index (κ3) is 6.90. The van der Waals surface area contributed by atoms with Crippen molar-refractivity contribution in [1.82, 2.24) is 19.5 Å². The van der Waals surface area contributed by atoms with Crippen LogP contribution in [0, 0.1) is 11.6 Å². The summed E-state index contributed by atoms with van der Waals surface area (Å²) in [5.41, 5.74) is 6.93. The molecule has 7 nitrogen and oxygen atoms in total. The van der Waals surface area contributed by atoms with E-state index in [4.69, 9.17) is 21.9 Å². The number of esters is 1. The van der Waals surface area contributed by atoms with Gasteiger partial charge in [0, 0.05) is 30.9 Å². The summed E-state index contributed by atoms with van der Waals surface area (Å²) in [5.74, 6) is 0.134. The van der Waals surface area contributed by atoms with E-state index in [9.17, 15) is 4.79 Å². The molecule has 0 aliphatic rings. The van der Waals surface area contributed by atoms with Gasteiger partial charge in [0.2, 0.25) is 0 Å². The van der Waals surface area contributed by atoms with Crippen molar-refractivity contribution in [3.63, 3.8) is 0 Å². The quantitative estimate of drug-likeness (QED) is 0.122. The molecule has 4 aromatic rings. The molecule has 0 spiro atoms. The number of aromatic nitrogens is 3. The Labute approximate surface area is 239 Å². The molecule has 40 heavy (non-hydrogen) atoms. The van der Waals surface area contributed by atoms with Crippen molar-refractivity contribution in [2.24, 2.45) is 4.99 Å². The number of carbonyl (C=O) groups is 1. The van der Waals surface area contributed by atoms with E-state index in [1.807, 2.05) is 19.1 Å². The van der Waals surface area contributed by atoms with E-state index in [0.29, 0.717) is 34.8 Å². The maximum absolute atomic E-state index is 12.2. The molecule has 0 amide bonds. The molecule has 0 saturated carbocycles. The Balaban J connectivity index is 1.59. The lowest BCUT2D eigenvalue weighted by Gasteiger charge is -2.25. The van der Waals surface area contributed by atoms with Gasteiger partial charge in [-0.3, -0.25) is 0 Å². The third-order valence-corrected chi connectivity index (χ3v) is 6.69. The molecular weight excluding hydrogens is 518 g/mol. The topological polar surface area (TPSA) is 75.0 Å². The molecule has 0 aliphatic heterocycles. The van der Waals surface area contributed by atoms with Gasteiger partial charge in [0.15, 0.2) is 5.69 Å². The van der Waals surface area contributed by atoms with Gasteiger partial charge in [0.25, 0.3) is 0 Å². The minimum absolute atomic E-state index is 0.204. The Morgan fingerprint density at radius 3 is 2.40 bits per heavy atom. The zero-order valence-electron chi connectivity index (χ0n) is 23.1. The van der Waals surface area contributed by atoms with Crippen molar-refractivity contribution in [1.29, 1.82) is 0 Å². The average molecular weight is 552 g/mol. The van der Waals surface area contributed by atoms with Crippen LogP contribution in [0.15, 0.2) is 90.8 Å². The van der Waals surface area contributed by atoms with Crippen LogP contribution in [0.4, 0.5) is 0 Å². The molecule has 204 valence electrons. The highest BCUT2D eigenvalue weighted by Gasteiger charge is 2.14. The van der Waals surface area contributed by atoms with Crippen molar-refractivity contribution in [2.75, 3.05) is 6.61 Å². The van der Waals surface area contributed by atoms with Crippen molar-refractivity contribution in [3.8, 4) is 0 Å². The van der Waals surface area contributed by atoms with Gasteiger partial charge in [0.1, 0.15) is 16.0 Å². The molecule has 8 heteroatoms. The second-order valence-corrected chi connectivity index (χ2v) is 9.69. The second-order valence-electron chi connectivity index (χ2n) is 9.28. The van der Waals surface area contributed by atoms with E-state index < -0.39 is 5.97 Å². The highest BCUT2D eigenvalue weighted by Crippen LogP contribution is 2.19. The lowest BCUT2D eigenvalue weighted by molar-refractivity contribution is 0.0519. The maximum atomic E-state index is 12.2. The van der Waals surface area contributed by atoms with Gasteiger partial charge < -0.3 is 14.6 Å². The van der Waals surface area contributed by atoms with Crippen molar-refractivity contribution in [2.45, 2.75) is 33.9 Å². The number of nitrogens with one attached hydrogen (secondary N) is 1. The molecule has 4 rings (SSSR count). The van der Waals surface area contributed by atoms with E-state index in [2.05, 4.69) is 83.6 Å². The summed E-state index contributed by atoms with van der Waals surface area (Å²) < 4.78 is 7.12. The number of allylic oxidation sites excluding steroid dienone is 2. The number of H-pyrrole nitrogens is 1. The predicted octanol–water partition coefficient (Wildman–Crippen LogP) is 7.17. The van der Waals surface area contributed by atoms with Crippen LogP contribution in [0.5, 0.6) is 0 Å². The average Bonchev–Trinajstić information content (AvgIpc) is 3.40. The minimum Gasteiger partial charge on any atom is -0.461 e. The molecule has 0 radical (unpaired) electrons. The van der Waals surface area contributed by atoms with Crippen LogP contribution in [-0.4, -0.2) is 38.3 Å². The van der Waals surface area contributed by atoms with Crippen molar-refractivity contribution in [3.05, 3.63) is 124 Å². The summed E-state index contributed by atoms with van der Waals surface area (Å²) in [5, 5.41) is 4.36. The summed E-state index contributed by atoms with van der Waals surface area (Å²) in [4.78, 5) is 22.3. The summed E-state index contributed by atoms with van der Waals surface area (Å²) in [6.07, 6.45) is 7.30. The van der Waals surface area contributed by atoms with E-state index in [0.717, 1.165) is 16.7 Å². The summed E-state index contributed by atoms with van der Waals surface area (Å²) in [6, 6.07) is 18.4. The Morgan fingerprint density at radius 1 is 1.15 bits per heavy atom. The molecule has 2 aromatic heterocycles. The highest BCUT2D eigenvalue weighted by molar-refractivity contribution is 7.71. The Kier molecular flexibility index (Phi) is 9.24. The Hall–Kier alpha value is -4.56. The smallest absolute Gasteiger partial charge is 0.358 e. The first kappa shape index (κ1) is 28.4. The maximum Gasteiger partial charge on any atom is 0.358 e. The van der Waals surface area contributed by atoms with E-state index in [1.54, 1.807) is 29.9 Å². The SMILES string of the molecule is C=Cc1ccc(CN(Cc2ccc(C)cc2)C(=C)N=C/C(=C\C)c2cn3nc(C(=O)OCC)cc3c(=S)[nH]2)cc1. The molecule has 1 N–H and O–H groups in total. The molecule has 2 aromatic carbocycles. The normalized spacial score (nSPS) is 11.6. The predicted molar refractivity (Wildman–Crippen MR) is 165 cm³/mol. The van der Waals surface area contributed by atoms with E-state index in [1.165, 1.54) is 11.1 Å². The van der Waals surface area contributed by atoms with Crippen LogP contribution in [0.25, 0.3) is 17.2 Å². The number of aryl methyl sites for hydroxylation is 1. The number of rotatable bonds is 11. The first-order chi connectivity index (χ1) is 19.3. The molecule has 0 saturated heterocycles. The zero-order valence-corrected chi connectivity index (χ0v) is 23.9. The number of hydrogen-bond acceptors (Lipinski definition) is 6. The fraction of sp³-hybridized carbons (Fsp3) is 0.188. The molecule has 0 bridgehead atoms. The standard InChI is InChI=1S/C32H33N5O2S/c1-6-24-13-15-26(16-14-24)20-36(19-25-11-9-22(4)10-12-25)23(5)33-18-27(7-2)29-21-37-30(31(40)34-29)17-28(35-37)32(38)39-8-3/h6-7,9-18,21H,1,5,8,19-20H2,2-4H3,(H,34,40)/b27-7+,33-18?. The van der Waals surface area contributed by atoms with Crippen LogP contribution in [0.3, 0.4) is 0 Å². The number of carbonyl (C=O) groups excluding carboxylic acids is 1. The number of hydrogen-bond donors (Lipinski definition) is 1. The van der Waals surface area contributed by atoms with Crippen LogP contribution >= 0.6 is 12.2 Å². The summed E-state index contributed by atoms with van der Waals surface area (Å²) >= 11 is 5.55. The van der Waals surface area contributed by atoms with Crippen molar-refractivity contribution < 1.29 is 9.53 Å². The van der Waals surface area contributed by atoms with Gasteiger partial charge in [-0.1, -0.05) is 91.6 Å². The third-order valence-electron chi connectivity index (χ3n) is 6.38.